The highest BCUT2D eigenvalue weighted by molar-refractivity contribution is 4.76. The number of hydrogen-bond acceptors (Lipinski definition) is 4. The number of piperidine rings is 1. The Hall–Kier alpha value is -0.160. The Morgan fingerprint density at radius 1 is 1.05 bits per heavy atom. The molecule has 0 spiro atoms. The molecule has 2 fully saturated rings. The highest BCUT2D eigenvalue weighted by Crippen LogP contribution is 2.18. The van der Waals surface area contributed by atoms with Gasteiger partial charge in [0.2, 0.25) is 0 Å². The minimum atomic E-state index is 0.309. The summed E-state index contributed by atoms with van der Waals surface area (Å²) in [6.45, 7) is 7.44. The Labute approximate surface area is 124 Å². The number of hydrazine groups is 1. The fourth-order valence-electron chi connectivity index (χ4n) is 3.65. The van der Waals surface area contributed by atoms with Gasteiger partial charge in [-0.25, -0.2) is 5.01 Å². The Kier molecular flexibility index (Phi) is 7.28. The first-order chi connectivity index (χ1) is 9.79. The summed E-state index contributed by atoms with van der Waals surface area (Å²) in [5, 5.41) is 11.7. The van der Waals surface area contributed by atoms with Crippen molar-refractivity contribution < 1.29 is 5.11 Å². The minimum absolute atomic E-state index is 0.309. The maximum Gasteiger partial charge on any atom is 0.0446 e. The lowest BCUT2D eigenvalue weighted by molar-refractivity contribution is 0.0734. The van der Waals surface area contributed by atoms with Gasteiger partial charge in [-0.3, -0.25) is 5.43 Å². The molecule has 2 saturated heterocycles. The van der Waals surface area contributed by atoms with Crippen LogP contribution in [0.1, 0.15) is 58.3 Å². The molecule has 0 aromatic rings. The third-order valence-corrected chi connectivity index (χ3v) is 4.71. The van der Waals surface area contributed by atoms with Crippen molar-refractivity contribution in [1.82, 2.24) is 15.3 Å². The second-order valence-electron chi connectivity index (χ2n) is 6.60. The topological polar surface area (TPSA) is 38.7 Å². The van der Waals surface area contributed by atoms with Crippen molar-refractivity contribution in [3.63, 3.8) is 0 Å². The van der Waals surface area contributed by atoms with E-state index in [0.29, 0.717) is 18.7 Å². The summed E-state index contributed by atoms with van der Waals surface area (Å²) < 4.78 is 0. The molecule has 0 aromatic carbocycles. The normalized spacial score (nSPS) is 28.2. The van der Waals surface area contributed by atoms with Crippen LogP contribution in [0.3, 0.4) is 0 Å². The molecular weight excluding hydrogens is 250 g/mol. The van der Waals surface area contributed by atoms with Gasteiger partial charge in [0.05, 0.1) is 0 Å². The van der Waals surface area contributed by atoms with Crippen LogP contribution in [0.2, 0.25) is 0 Å². The Morgan fingerprint density at radius 3 is 2.50 bits per heavy atom. The van der Waals surface area contributed by atoms with Crippen molar-refractivity contribution in [2.45, 2.75) is 70.4 Å². The first-order valence-corrected chi connectivity index (χ1v) is 8.65. The quantitative estimate of drug-likeness (QED) is 0.782. The SMILES string of the molecule is CC(CN1CCCCC1)NN1CCCCCC1CCO. The van der Waals surface area contributed by atoms with Crippen molar-refractivity contribution in [1.29, 1.82) is 0 Å². The van der Waals surface area contributed by atoms with Crippen molar-refractivity contribution in [3.05, 3.63) is 0 Å². The number of aliphatic hydroxyl groups excluding tert-OH is 1. The Bertz CT molecular complexity index is 256. The molecule has 2 heterocycles. The van der Waals surface area contributed by atoms with Gasteiger partial charge < -0.3 is 10.0 Å². The van der Waals surface area contributed by atoms with Gasteiger partial charge in [-0.1, -0.05) is 19.3 Å². The number of nitrogens with one attached hydrogen (secondary N) is 1. The molecule has 0 aromatic heterocycles. The van der Waals surface area contributed by atoms with Crippen molar-refractivity contribution in [3.8, 4) is 0 Å². The van der Waals surface area contributed by atoms with Crippen LogP contribution < -0.4 is 5.43 Å². The average Bonchev–Trinajstić information content (AvgIpc) is 2.66. The second kappa shape index (κ2) is 8.98. The number of hydrogen-bond donors (Lipinski definition) is 2. The van der Waals surface area contributed by atoms with E-state index in [2.05, 4.69) is 22.3 Å². The summed E-state index contributed by atoms with van der Waals surface area (Å²) in [5.41, 5.74) is 3.72. The third kappa shape index (κ3) is 5.32. The third-order valence-electron chi connectivity index (χ3n) is 4.71. The van der Waals surface area contributed by atoms with Crippen LogP contribution in [0.4, 0.5) is 0 Å². The van der Waals surface area contributed by atoms with Crippen LogP contribution in [0.15, 0.2) is 0 Å². The minimum Gasteiger partial charge on any atom is -0.396 e. The highest BCUT2D eigenvalue weighted by atomic mass is 16.3. The first-order valence-electron chi connectivity index (χ1n) is 8.65. The molecule has 2 rings (SSSR count). The molecule has 4 nitrogen and oxygen atoms in total. The molecule has 0 bridgehead atoms. The lowest BCUT2D eigenvalue weighted by atomic mass is 10.1. The molecule has 0 amide bonds. The van der Waals surface area contributed by atoms with Gasteiger partial charge >= 0.3 is 0 Å². The zero-order valence-electron chi connectivity index (χ0n) is 13.2. The molecule has 2 atom stereocenters. The van der Waals surface area contributed by atoms with Crippen molar-refractivity contribution >= 4 is 0 Å². The van der Waals surface area contributed by atoms with Crippen LogP contribution in [-0.2, 0) is 0 Å². The molecule has 2 unspecified atom stereocenters. The van der Waals surface area contributed by atoms with Gasteiger partial charge in [0.25, 0.3) is 0 Å². The smallest absolute Gasteiger partial charge is 0.0446 e. The van der Waals surface area contributed by atoms with E-state index in [1.165, 1.54) is 58.0 Å². The van der Waals surface area contributed by atoms with Crippen LogP contribution in [0, 0.1) is 0 Å². The summed E-state index contributed by atoms with van der Waals surface area (Å²) >= 11 is 0. The van der Waals surface area contributed by atoms with E-state index in [1.54, 1.807) is 0 Å². The second-order valence-corrected chi connectivity index (χ2v) is 6.60. The summed E-state index contributed by atoms with van der Waals surface area (Å²) in [4.78, 5) is 2.60. The molecule has 2 aliphatic heterocycles. The largest absolute Gasteiger partial charge is 0.396 e. The fraction of sp³-hybridized carbons (Fsp3) is 1.00. The summed E-state index contributed by atoms with van der Waals surface area (Å²) in [6, 6.07) is 1.03. The molecule has 0 radical (unpaired) electrons. The van der Waals surface area contributed by atoms with E-state index < -0.39 is 0 Å². The van der Waals surface area contributed by atoms with E-state index in [0.717, 1.165) is 19.5 Å². The Balaban J connectivity index is 1.78. The van der Waals surface area contributed by atoms with Gasteiger partial charge in [-0.2, -0.15) is 0 Å². The zero-order valence-corrected chi connectivity index (χ0v) is 13.2. The van der Waals surface area contributed by atoms with Crippen LogP contribution in [0.5, 0.6) is 0 Å². The monoisotopic (exact) mass is 283 g/mol. The van der Waals surface area contributed by atoms with Crippen molar-refractivity contribution in [2.24, 2.45) is 0 Å². The fourth-order valence-corrected chi connectivity index (χ4v) is 3.65. The molecular formula is C16H33N3O. The highest BCUT2D eigenvalue weighted by Gasteiger charge is 2.22. The molecule has 0 aliphatic carbocycles. The number of nitrogens with zero attached hydrogens (tertiary/aromatic N) is 2. The van der Waals surface area contributed by atoms with E-state index in [-0.39, 0.29) is 0 Å². The standard InChI is InChI=1S/C16H33N3O/c1-15(14-18-10-5-3-6-11-18)17-19-12-7-2-4-8-16(19)9-13-20/h15-17,20H,2-14H2,1H3. The summed E-state index contributed by atoms with van der Waals surface area (Å²) in [5.74, 6) is 0. The maximum atomic E-state index is 9.26. The van der Waals surface area contributed by atoms with E-state index in [9.17, 15) is 5.11 Å². The Morgan fingerprint density at radius 2 is 1.75 bits per heavy atom. The lowest BCUT2D eigenvalue weighted by Crippen LogP contribution is -2.53. The van der Waals surface area contributed by atoms with Gasteiger partial charge in [0, 0.05) is 31.8 Å². The molecule has 4 heteroatoms. The van der Waals surface area contributed by atoms with E-state index in [1.807, 2.05) is 0 Å². The van der Waals surface area contributed by atoms with Gasteiger partial charge in [-0.05, 0) is 52.1 Å². The molecule has 20 heavy (non-hydrogen) atoms. The van der Waals surface area contributed by atoms with Crippen LogP contribution >= 0.6 is 0 Å². The predicted octanol–water partition coefficient (Wildman–Crippen LogP) is 1.99. The molecule has 2 aliphatic rings. The molecule has 0 saturated carbocycles. The zero-order chi connectivity index (χ0) is 14.2. The van der Waals surface area contributed by atoms with Gasteiger partial charge in [0.15, 0.2) is 0 Å². The lowest BCUT2D eigenvalue weighted by Gasteiger charge is -2.35. The predicted molar refractivity (Wildman–Crippen MR) is 83.6 cm³/mol. The van der Waals surface area contributed by atoms with Crippen LogP contribution in [0.25, 0.3) is 0 Å². The maximum absolute atomic E-state index is 9.26. The number of likely N-dealkylation sites (tertiary alicyclic amines) is 1. The van der Waals surface area contributed by atoms with E-state index in [4.69, 9.17) is 0 Å². The molecule has 118 valence electrons. The average molecular weight is 283 g/mol. The van der Waals surface area contributed by atoms with Crippen molar-refractivity contribution in [2.75, 3.05) is 32.8 Å². The summed E-state index contributed by atoms with van der Waals surface area (Å²) in [7, 11) is 0. The molecule has 2 N–H and O–H groups in total. The number of rotatable bonds is 6. The van der Waals surface area contributed by atoms with Crippen LogP contribution in [-0.4, -0.2) is 59.9 Å². The van der Waals surface area contributed by atoms with Gasteiger partial charge in [-0.15, -0.1) is 0 Å². The first kappa shape index (κ1) is 16.2. The van der Waals surface area contributed by atoms with E-state index >= 15 is 0 Å². The number of aliphatic hydroxyl groups is 1. The van der Waals surface area contributed by atoms with Gasteiger partial charge in [0.1, 0.15) is 0 Å². The summed E-state index contributed by atoms with van der Waals surface area (Å²) in [6.07, 6.45) is 10.2.